The lowest BCUT2D eigenvalue weighted by atomic mass is 10.3. The van der Waals surface area contributed by atoms with Crippen molar-refractivity contribution in [1.82, 2.24) is 14.7 Å². The monoisotopic (exact) mass is 265 g/mol. The van der Waals surface area contributed by atoms with Crippen molar-refractivity contribution >= 4 is 11.9 Å². The number of anilines is 1. The van der Waals surface area contributed by atoms with Gasteiger partial charge in [-0.2, -0.15) is 5.01 Å². The predicted octanol–water partition coefficient (Wildman–Crippen LogP) is 0.350. The molecular formula is C11H15N5O3. The number of amides is 1. The Balaban J connectivity index is 2.42. The molecule has 1 amide bonds. The average molecular weight is 265 g/mol. The van der Waals surface area contributed by atoms with Crippen molar-refractivity contribution in [1.29, 1.82) is 5.41 Å². The molecule has 2 heterocycles. The first kappa shape index (κ1) is 13.1. The number of aromatic nitrogens is 2. The highest BCUT2D eigenvalue weighted by atomic mass is 16.6. The summed E-state index contributed by atoms with van der Waals surface area (Å²) in [4.78, 5) is 15.5. The number of nitrogens with zero attached hydrogens (tertiary/aromatic N) is 4. The third-order valence-corrected chi connectivity index (χ3v) is 2.72. The summed E-state index contributed by atoms with van der Waals surface area (Å²) in [7, 11) is 1.26. The van der Waals surface area contributed by atoms with Crippen molar-refractivity contribution in [3.05, 3.63) is 30.0 Å². The van der Waals surface area contributed by atoms with E-state index in [2.05, 4.69) is 4.98 Å². The number of methoxy groups -OCH3 is 1. The molecular weight excluding hydrogens is 250 g/mol. The normalized spacial score (nSPS) is 15.2. The van der Waals surface area contributed by atoms with Gasteiger partial charge in [0.05, 0.1) is 7.11 Å². The Morgan fingerprint density at radius 2 is 2.37 bits per heavy atom. The Morgan fingerprint density at radius 3 is 3.00 bits per heavy atom. The Hall–Kier alpha value is -2.35. The first-order chi connectivity index (χ1) is 9.15. The Bertz CT molecular complexity index is 554. The van der Waals surface area contributed by atoms with Crippen molar-refractivity contribution in [3.63, 3.8) is 0 Å². The van der Waals surface area contributed by atoms with Crippen LogP contribution in [0.15, 0.2) is 24.4 Å². The van der Waals surface area contributed by atoms with E-state index in [0.29, 0.717) is 17.8 Å². The van der Waals surface area contributed by atoms with Crippen LogP contribution >= 0.6 is 0 Å². The van der Waals surface area contributed by atoms with Gasteiger partial charge in [0.1, 0.15) is 0 Å². The highest BCUT2D eigenvalue weighted by Gasteiger charge is 2.27. The molecule has 8 nitrogen and oxygen atoms in total. The van der Waals surface area contributed by atoms with Gasteiger partial charge >= 0.3 is 6.09 Å². The molecule has 1 aliphatic heterocycles. The van der Waals surface area contributed by atoms with Crippen molar-refractivity contribution in [2.75, 3.05) is 25.2 Å². The molecule has 1 aromatic heterocycles. The summed E-state index contributed by atoms with van der Waals surface area (Å²) in [5.74, 6) is 0.113. The third-order valence-electron chi connectivity index (χ3n) is 2.72. The number of carbonyl (C=O) groups is 1. The Labute approximate surface area is 109 Å². The van der Waals surface area contributed by atoms with Gasteiger partial charge in [0.25, 0.3) is 5.62 Å². The van der Waals surface area contributed by atoms with Gasteiger partial charge in [0.15, 0.2) is 5.82 Å². The van der Waals surface area contributed by atoms with Crippen LogP contribution in [0.25, 0.3) is 0 Å². The number of ether oxygens (including phenoxy) is 1. The number of hydrogen-bond donors (Lipinski definition) is 2. The molecule has 0 aromatic carbocycles. The Morgan fingerprint density at radius 1 is 1.58 bits per heavy atom. The van der Waals surface area contributed by atoms with Crippen LogP contribution in [0.1, 0.15) is 6.42 Å². The van der Waals surface area contributed by atoms with Crippen molar-refractivity contribution in [2.24, 2.45) is 0 Å². The highest BCUT2D eigenvalue weighted by molar-refractivity contribution is 5.85. The van der Waals surface area contributed by atoms with E-state index >= 15 is 0 Å². The number of hydrazine groups is 1. The van der Waals surface area contributed by atoms with E-state index in [4.69, 9.17) is 10.1 Å². The van der Waals surface area contributed by atoms with Gasteiger partial charge in [0.2, 0.25) is 0 Å². The van der Waals surface area contributed by atoms with E-state index in [1.165, 1.54) is 24.4 Å². The van der Waals surface area contributed by atoms with Crippen molar-refractivity contribution in [2.45, 2.75) is 6.42 Å². The summed E-state index contributed by atoms with van der Waals surface area (Å²) < 4.78 is 5.27. The molecule has 0 saturated heterocycles. The fourth-order valence-corrected chi connectivity index (χ4v) is 1.82. The van der Waals surface area contributed by atoms with Gasteiger partial charge in [-0.3, -0.25) is 5.41 Å². The molecule has 0 fully saturated rings. The lowest BCUT2D eigenvalue weighted by molar-refractivity contribution is 0.132. The first-order valence-electron chi connectivity index (χ1n) is 5.75. The fourth-order valence-electron chi connectivity index (χ4n) is 1.82. The van der Waals surface area contributed by atoms with Gasteiger partial charge in [-0.15, -0.1) is 4.73 Å². The van der Waals surface area contributed by atoms with Crippen LogP contribution in [-0.4, -0.2) is 46.2 Å². The second-order valence-corrected chi connectivity index (χ2v) is 3.89. The molecule has 0 saturated carbocycles. The number of nitrogens with one attached hydrogen (secondary N) is 1. The fraction of sp³-hybridized carbons (Fsp3) is 0.364. The number of rotatable bonds is 2. The molecule has 0 atom stereocenters. The van der Waals surface area contributed by atoms with Crippen molar-refractivity contribution < 1.29 is 14.7 Å². The zero-order valence-electron chi connectivity index (χ0n) is 10.5. The zero-order valence-corrected chi connectivity index (χ0v) is 10.5. The van der Waals surface area contributed by atoms with Crippen molar-refractivity contribution in [3.8, 4) is 0 Å². The van der Waals surface area contributed by atoms with Crippen LogP contribution in [0.5, 0.6) is 0 Å². The van der Waals surface area contributed by atoms with Crippen LogP contribution in [0.3, 0.4) is 0 Å². The van der Waals surface area contributed by atoms with E-state index in [9.17, 15) is 10.0 Å². The van der Waals surface area contributed by atoms with Gasteiger partial charge < -0.3 is 9.94 Å². The maximum Gasteiger partial charge on any atom is 0.430 e. The molecule has 19 heavy (non-hydrogen) atoms. The molecule has 1 aromatic rings. The third kappa shape index (κ3) is 2.58. The van der Waals surface area contributed by atoms with Gasteiger partial charge in [-0.05, 0) is 6.42 Å². The summed E-state index contributed by atoms with van der Waals surface area (Å²) in [6, 6.07) is 1.44. The quantitative estimate of drug-likeness (QED) is 0.594. The molecule has 1 aliphatic rings. The molecule has 0 aliphatic carbocycles. The first-order valence-corrected chi connectivity index (χ1v) is 5.75. The summed E-state index contributed by atoms with van der Waals surface area (Å²) in [6.07, 6.45) is 5.44. The lowest BCUT2D eigenvalue weighted by Gasteiger charge is -2.34. The van der Waals surface area contributed by atoms with Crippen LogP contribution < -0.4 is 10.6 Å². The maximum absolute atomic E-state index is 11.9. The summed E-state index contributed by atoms with van der Waals surface area (Å²) in [5.41, 5.74) is -0.362. The van der Waals surface area contributed by atoms with E-state index in [1.807, 2.05) is 12.2 Å². The SMILES string of the molecule is COC(=O)N(c1ccnc(=N)n1O)N1CC=CCC1. The van der Waals surface area contributed by atoms with E-state index in [1.54, 1.807) is 5.01 Å². The minimum atomic E-state index is -0.635. The maximum atomic E-state index is 11.9. The molecule has 0 spiro atoms. The Kier molecular flexibility index (Phi) is 3.81. The molecule has 2 N–H and O–H groups in total. The van der Waals surface area contributed by atoms with Gasteiger partial charge in [-0.25, -0.2) is 14.8 Å². The second-order valence-electron chi connectivity index (χ2n) is 3.89. The van der Waals surface area contributed by atoms with E-state index in [-0.39, 0.29) is 11.4 Å². The predicted molar refractivity (Wildman–Crippen MR) is 65.5 cm³/mol. The topological polar surface area (TPSA) is 94.7 Å². The smallest absolute Gasteiger partial charge is 0.430 e. The molecule has 2 rings (SSSR count). The molecule has 0 unspecified atom stereocenters. The van der Waals surface area contributed by atoms with Gasteiger partial charge in [0, 0.05) is 25.4 Å². The van der Waals surface area contributed by atoms with Crippen LogP contribution in [0.2, 0.25) is 0 Å². The summed E-state index contributed by atoms with van der Waals surface area (Å²) in [6.45, 7) is 1.13. The van der Waals surface area contributed by atoms with Crippen LogP contribution in [0, 0.1) is 5.41 Å². The van der Waals surface area contributed by atoms with E-state index < -0.39 is 6.09 Å². The standard InChI is InChI=1S/C11H15N5O3/c1-19-11(17)15(14-7-3-2-4-8-14)9-5-6-13-10(12)16(9)18/h2-3,5-6,12,18H,4,7-8H2,1H3. The lowest BCUT2D eigenvalue weighted by Crippen LogP contribution is -2.50. The average Bonchev–Trinajstić information content (AvgIpc) is 2.44. The number of hydrogen-bond acceptors (Lipinski definition) is 6. The zero-order chi connectivity index (χ0) is 13.8. The highest BCUT2D eigenvalue weighted by Crippen LogP contribution is 2.16. The number of carbonyl (C=O) groups excluding carboxylic acids is 1. The second kappa shape index (κ2) is 5.53. The van der Waals surface area contributed by atoms with Crippen LogP contribution in [0.4, 0.5) is 10.6 Å². The minimum Gasteiger partial charge on any atom is -0.451 e. The van der Waals surface area contributed by atoms with E-state index in [0.717, 1.165) is 6.42 Å². The molecule has 0 radical (unpaired) electrons. The molecule has 0 bridgehead atoms. The largest absolute Gasteiger partial charge is 0.451 e. The summed E-state index contributed by atoms with van der Waals surface area (Å²) >= 11 is 0. The summed E-state index contributed by atoms with van der Waals surface area (Å²) in [5, 5.41) is 20.2. The van der Waals surface area contributed by atoms with Gasteiger partial charge in [-0.1, -0.05) is 12.2 Å². The van der Waals surface area contributed by atoms with Crippen LogP contribution in [-0.2, 0) is 4.74 Å². The molecule has 8 heteroatoms. The minimum absolute atomic E-state index is 0.113. The molecule has 102 valence electrons.